The fourth-order valence-electron chi connectivity index (χ4n) is 1.27. The zero-order chi connectivity index (χ0) is 9.80. The molecular weight excluding hydrogens is 215 g/mol. The van der Waals surface area contributed by atoms with Crippen LogP contribution in [0.2, 0.25) is 0 Å². The van der Waals surface area contributed by atoms with E-state index in [1.165, 1.54) is 6.07 Å². The molecule has 0 radical (unpaired) electrons. The van der Waals surface area contributed by atoms with Crippen LogP contribution >= 0.6 is 12.4 Å². The van der Waals surface area contributed by atoms with Crippen molar-refractivity contribution in [1.82, 2.24) is 4.98 Å². The third-order valence-corrected chi connectivity index (χ3v) is 2.02. The zero-order valence-electron chi connectivity index (χ0n) is 8.03. The highest BCUT2D eigenvalue weighted by molar-refractivity contribution is 5.85. The van der Waals surface area contributed by atoms with E-state index in [-0.39, 0.29) is 18.2 Å². The van der Waals surface area contributed by atoms with Gasteiger partial charge in [-0.25, -0.2) is 4.39 Å². The molecule has 1 heterocycles. The highest BCUT2D eigenvalue weighted by Crippen LogP contribution is 2.13. The van der Waals surface area contributed by atoms with E-state index in [0.717, 1.165) is 5.56 Å². The first-order chi connectivity index (χ1) is 6.86. The Bertz CT molecular complexity index is 401. The van der Waals surface area contributed by atoms with Crippen LogP contribution in [0.1, 0.15) is 5.56 Å². The Morgan fingerprint density at radius 1 is 1.20 bits per heavy atom. The predicted octanol–water partition coefficient (Wildman–Crippen LogP) is 3.19. The maximum absolute atomic E-state index is 13.1. The molecule has 2 aromatic rings. The van der Waals surface area contributed by atoms with Gasteiger partial charge in [-0.15, -0.1) is 12.4 Å². The summed E-state index contributed by atoms with van der Waals surface area (Å²) in [5, 5.41) is 3.02. The van der Waals surface area contributed by atoms with Crippen LogP contribution < -0.4 is 5.32 Å². The third kappa shape index (κ3) is 2.99. The van der Waals surface area contributed by atoms with Gasteiger partial charge >= 0.3 is 0 Å². The van der Waals surface area contributed by atoms with Gasteiger partial charge in [0.15, 0.2) is 0 Å². The minimum Gasteiger partial charge on any atom is -0.379 e. The molecule has 4 heteroatoms. The third-order valence-electron chi connectivity index (χ3n) is 2.02. The number of H-pyrrole nitrogens is 1. The van der Waals surface area contributed by atoms with Gasteiger partial charge in [0, 0.05) is 18.9 Å². The first-order valence-corrected chi connectivity index (χ1v) is 4.46. The Kier molecular flexibility index (Phi) is 4.18. The van der Waals surface area contributed by atoms with Gasteiger partial charge in [0.05, 0.1) is 5.69 Å². The fraction of sp³-hybridized carbons (Fsp3) is 0.0909. The Morgan fingerprint density at radius 3 is 2.67 bits per heavy atom. The number of aromatic nitrogens is 1. The molecule has 0 aliphatic heterocycles. The van der Waals surface area contributed by atoms with Gasteiger partial charge < -0.3 is 10.3 Å². The number of anilines is 1. The van der Waals surface area contributed by atoms with Gasteiger partial charge in [-0.1, -0.05) is 12.1 Å². The molecule has 1 aromatic heterocycles. The topological polar surface area (TPSA) is 27.8 Å². The van der Waals surface area contributed by atoms with Crippen LogP contribution in [0.25, 0.3) is 0 Å². The summed E-state index contributed by atoms with van der Waals surface area (Å²) in [6.45, 7) is 0.629. The van der Waals surface area contributed by atoms with E-state index in [1.54, 1.807) is 12.1 Å². The number of halogens is 2. The molecule has 0 amide bonds. The quantitative estimate of drug-likeness (QED) is 0.827. The van der Waals surface area contributed by atoms with E-state index in [4.69, 9.17) is 0 Å². The summed E-state index contributed by atoms with van der Waals surface area (Å²) in [5.41, 5.74) is 1.64. The Balaban J connectivity index is 0.00000112. The average Bonchev–Trinajstić information content (AvgIpc) is 2.69. The second-order valence-electron chi connectivity index (χ2n) is 3.05. The second-order valence-corrected chi connectivity index (χ2v) is 3.05. The molecule has 0 aliphatic carbocycles. The van der Waals surface area contributed by atoms with Crippen molar-refractivity contribution in [1.29, 1.82) is 0 Å². The molecular formula is C11H12ClFN2. The molecule has 15 heavy (non-hydrogen) atoms. The molecule has 0 aliphatic rings. The second kappa shape index (κ2) is 5.41. The van der Waals surface area contributed by atoms with Crippen molar-refractivity contribution in [3.05, 3.63) is 54.1 Å². The van der Waals surface area contributed by atoms with E-state index in [1.807, 2.05) is 24.5 Å². The summed E-state index contributed by atoms with van der Waals surface area (Å²) in [4.78, 5) is 2.95. The minimum absolute atomic E-state index is 0. The van der Waals surface area contributed by atoms with Gasteiger partial charge in [0.1, 0.15) is 5.82 Å². The molecule has 2 N–H and O–H groups in total. The lowest BCUT2D eigenvalue weighted by Gasteiger charge is -2.05. The van der Waals surface area contributed by atoms with E-state index in [9.17, 15) is 4.39 Å². The average molecular weight is 227 g/mol. The molecule has 80 valence electrons. The molecule has 0 fully saturated rings. The van der Waals surface area contributed by atoms with Crippen molar-refractivity contribution in [2.45, 2.75) is 6.54 Å². The first kappa shape index (κ1) is 11.6. The van der Waals surface area contributed by atoms with Crippen LogP contribution in [0.4, 0.5) is 10.1 Å². The number of aromatic amines is 1. The highest BCUT2D eigenvalue weighted by Gasteiger charge is 1.99. The highest BCUT2D eigenvalue weighted by atomic mass is 35.5. The van der Waals surface area contributed by atoms with Gasteiger partial charge in [-0.3, -0.25) is 0 Å². The number of benzene rings is 1. The lowest BCUT2D eigenvalue weighted by atomic mass is 10.3. The van der Waals surface area contributed by atoms with Gasteiger partial charge in [0.2, 0.25) is 0 Å². The zero-order valence-corrected chi connectivity index (χ0v) is 8.85. The van der Waals surface area contributed by atoms with Crippen LogP contribution in [0.3, 0.4) is 0 Å². The number of hydrogen-bond donors (Lipinski definition) is 2. The number of rotatable bonds is 3. The molecule has 0 atom stereocenters. The Hall–Kier alpha value is -1.48. The maximum atomic E-state index is 13.1. The van der Waals surface area contributed by atoms with E-state index in [2.05, 4.69) is 10.3 Å². The van der Waals surface area contributed by atoms with Gasteiger partial charge in [0.25, 0.3) is 0 Å². The van der Waals surface area contributed by atoms with Crippen LogP contribution in [0.5, 0.6) is 0 Å². The van der Waals surface area contributed by atoms with E-state index in [0.29, 0.717) is 12.2 Å². The molecule has 2 nitrogen and oxygen atoms in total. The summed E-state index contributed by atoms with van der Waals surface area (Å²) in [7, 11) is 0. The first-order valence-electron chi connectivity index (χ1n) is 4.46. The summed E-state index contributed by atoms with van der Waals surface area (Å²) < 4.78 is 13.1. The number of para-hydroxylation sites is 1. The largest absolute Gasteiger partial charge is 0.379 e. The molecule has 1 aromatic carbocycles. The van der Waals surface area contributed by atoms with Crippen molar-refractivity contribution < 1.29 is 4.39 Å². The maximum Gasteiger partial charge on any atom is 0.146 e. The van der Waals surface area contributed by atoms with E-state index < -0.39 is 0 Å². The molecule has 2 rings (SSSR count). The normalized spacial score (nSPS) is 9.40. The fourth-order valence-corrected chi connectivity index (χ4v) is 1.27. The Labute approximate surface area is 93.9 Å². The summed E-state index contributed by atoms with van der Waals surface area (Å²) in [6, 6.07) is 8.61. The van der Waals surface area contributed by atoms with E-state index >= 15 is 0 Å². The van der Waals surface area contributed by atoms with Crippen molar-refractivity contribution in [2.75, 3.05) is 5.32 Å². The van der Waals surface area contributed by atoms with Crippen molar-refractivity contribution in [2.24, 2.45) is 0 Å². The van der Waals surface area contributed by atoms with Gasteiger partial charge in [-0.2, -0.15) is 0 Å². The summed E-state index contributed by atoms with van der Waals surface area (Å²) in [5.74, 6) is -0.219. The lowest BCUT2D eigenvalue weighted by Crippen LogP contribution is -1.99. The minimum atomic E-state index is -0.219. The van der Waals surface area contributed by atoms with Crippen LogP contribution in [0.15, 0.2) is 42.7 Å². The van der Waals surface area contributed by atoms with Gasteiger partial charge in [-0.05, 0) is 23.8 Å². The van der Waals surface area contributed by atoms with Crippen LogP contribution in [-0.4, -0.2) is 4.98 Å². The monoisotopic (exact) mass is 226 g/mol. The summed E-state index contributed by atoms with van der Waals surface area (Å²) >= 11 is 0. The van der Waals surface area contributed by atoms with Crippen molar-refractivity contribution in [3.63, 3.8) is 0 Å². The standard InChI is InChI=1S/C11H11FN2.ClH/c12-10-3-1-2-4-11(10)14-8-9-5-6-13-7-9;/h1-7,13-14H,8H2;1H. The molecule has 0 unspecified atom stereocenters. The predicted molar refractivity (Wildman–Crippen MR) is 61.8 cm³/mol. The SMILES string of the molecule is Cl.Fc1ccccc1NCc1cc[nH]c1. The smallest absolute Gasteiger partial charge is 0.146 e. The summed E-state index contributed by atoms with van der Waals surface area (Å²) in [6.07, 6.45) is 3.73. The lowest BCUT2D eigenvalue weighted by molar-refractivity contribution is 0.630. The molecule has 0 saturated heterocycles. The number of nitrogens with one attached hydrogen (secondary N) is 2. The van der Waals surface area contributed by atoms with Crippen molar-refractivity contribution in [3.8, 4) is 0 Å². The number of hydrogen-bond acceptors (Lipinski definition) is 1. The molecule has 0 bridgehead atoms. The van der Waals surface area contributed by atoms with Crippen LogP contribution in [0, 0.1) is 5.82 Å². The van der Waals surface area contributed by atoms with Crippen molar-refractivity contribution >= 4 is 18.1 Å². The molecule has 0 saturated carbocycles. The Morgan fingerprint density at radius 2 is 2.00 bits per heavy atom. The molecule has 0 spiro atoms. The van der Waals surface area contributed by atoms with Crippen LogP contribution in [-0.2, 0) is 6.54 Å².